The van der Waals surface area contributed by atoms with Gasteiger partial charge in [0.15, 0.2) is 0 Å². The first-order valence-electron chi connectivity index (χ1n) is 10.0. The van der Waals surface area contributed by atoms with Gasteiger partial charge in [0.2, 0.25) is 5.95 Å². The summed E-state index contributed by atoms with van der Waals surface area (Å²) in [6, 6.07) is 15.1. The molecule has 0 fully saturated rings. The number of nitrogen functional groups attached to an aromatic ring is 2. The molecule has 0 bridgehead atoms. The Balaban J connectivity index is 1.66. The largest absolute Gasteiger partial charge is 0.416 e. The molecule has 8 heteroatoms. The van der Waals surface area contributed by atoms with Crippen molar-refractivity contribution in [1.29, 1.82) is 0 Å². The van der Waals surface area contributed by atoms with Crippen molar-refractivity contribution < 1.29 is 17.9 Å². The number of nitrogens with two attached hydrogens (primary N) is 2. The van der Waals surface area contributed by atoms with Crippen molar-refractivity contribution in [3.63, 3.8) is 0 Å². The molecule has 31 heavy (non-hydrogen) atoms. The summed E-state index contributed by atoms with van der Waals surface area (Å²) in [6.45, 7) is 0.398. The highest BCUT2D eigenvalue weighted by Gasteiger charge is 2.35. The number of hydrogen-bond acceptors (Lipinski definition) is 5. The van der Waals surface area contributed by atoms with Gasteiger partial charge < -0.3 is 16.2 Å². The van der Waals surface area contributed by atoms with Crippen LogP contribution in [0, 0.1) is 0 Å². The molecule has 1 aromatic heterocycles. The first-order chi connectivity index (χ1) is 14.8. The Labute approximate surface area is 178 Å². The Bertz CT molecular complexity index is 1060. The lowest BCUT2D eigenvalue weighted by atomic mass is 9.79. The van der Waals surface area contributed by atoms with Gasteiger partial charge in [-0.05, 0) is 36.5 Å². The Morgan fingerprint density at radius 2 is 1.71 bits per heavy atom. The number of anilines is 2. The van der Waals surface area contributed by atoms with Crippen LogP contribution >= 0.6 is 0 Å². The normalized spacial score (nSPS) is 18.5. The van der Waals surface area contributed by atoms with Crippen LogP contribution in [0.15, 0.2) is 54.6 Å². The van der Waals surface area contributed by atoms with E-state index in [2.05, 4.69) is 9.97 Å². The molecule has 3 aromatic rings. The molecule has 1 aliphatic rings. The minimum absolute atomic E-state index is 0.0951. The molecule has 2 aromatic carbocycles. The van der Waals surface area contributed by atoms with Crippen molar-refractivity contribution in [2.24, 2.45) is 0 Å². The van der Waals surface area contributed by atoms with Crippen molar-refractivity contribution in [2.75, 3.05) is 11.5 Å². The molecule has 0 saturated heterocycles. The average molecular weight is 428 g/mol. The smallest absolute Gasteiger partial charge is 0.383 e. The van der Waals surface area contributed by atoms with Gasteiger partial charge in [0.1, 0.15) is 5.82 Å². The third kappa shape index (κ3) is 4.80. The average Bonchev–Trinajstić information content (AvgIpc) is 2.73. The van der Waals surface area contributed by atoms with Gasteiger partial charge in [0.05, 0.1) is 24.0 Å². The van der Waals surface area contributed by atoms with Gasteiger partial charge in [0.25, 0.3) is 0 Å². The number of rotatable bonds is 5. The third-order valence-electron chi connectivity index (χ3n) is 5.57. The van der Waals surface area contributed by atoms with Crippen molar-refractivity contribution in [3.05, 3.63) is 82.5 Å². The highest BCUT2D eigenvalue weighted by atomic mass is 19.4. The summed E-state index contributed by atoms with van der Waals surface area (Å²) in [4.78, 5) is 8.42. The fourth-order valence-corrected chi connectivity index (χ4v) is 4.15. The maximum absolute atomic E-state index is 13.2. The number of halogens is 3. The van der Waals surface area contributed by atoms with Crippen LogP contribution in [0.5, 0.6) is 0 Å². The number of benzene rings is 2. The van der Waals surface area contributed by atoms with E-state index in [0.717, 1.165) is 22.9 Å². The maximum Gasteiger partial charge on any atom is 0.416 e. The molecule has 0 aliphatic heterocycles. The second-order valence-corrected chi connectivity index (χ2v) is 7.71. The standard InChI is InChI=1S/C23H23F3N4O/c24-23(25,26)16-8-4-7-15(11-16)12-17-19(31-13-14-5-2-1-3-6-14)10-9-18-20(17)21(27)30-22(28)29-18/h1-8,11,17,19H,9-10,12-13H2,(H4,27,28,29,30). The minimum atomic E-state index is -4.40. The Morgan fingerprint density at radius 1 is 0.968 bits per heavy atom. The zero-order valence-corrected chi connectivity index (χ0v) is 16.8. The molecule has 0 radical (unpaired) electrons. The molecule has 162 valence electrons. The van der Waals surface area contributed by atoms with E-state index in [4.69, 9.17) is 16.2 Å². The minimum Gasteiger partial charge on any atom is -0.383 e. The fourth-order valence-electron chi connectivity index (χ4n) is 4.15. The van der Waals surface area contributed by atoms with E-state index in [0.29, 0.717) is 31.4 Å². The summed E-state index contributed by atoms with van der Waals surface area (Å²) in [7, 11) is 0. The summed E-state index contributed by atoms with van der Waals surface area (Å²) in [5.74, 6) is 0.0711. The van der Waals surface area contributed by atoms with Crippen LogP contribution in [0.1, 0.15) is 40.3 Å². The van der Waals surface area contributed by atoms with E-state index in [1.807, 2.05) is 30.3 Å². The summed E-state index contributed by atoms with van der Waals surface area (Å²) in [5, 5.41) is 0. The Kier molecular flexibility index (Phi) is 5.82. The molecule has 4 N–H and O–H groups in total. The molecule has 1 heterocycles. The Hall–Kier alpha value is -3.13. The topological polar surface area (TPSA) is 87.0 Å². The zero-order valence-electron chi connectivity index (χ0n) is 16.8. The molecule has 2 atom stereocenters. The molecular formula is C23H23F3N4O. The first kappa shape index (κ1) is 21.1. The third-order valence-corrected chi connectivity index (χ3v) is 5.57. The number of aryl methyl sites for hydroxylation is 1. The summed E-state index contributed by atoms with van der Waals surface area (Å²) in [5.41, 5.74) is 14.3. The van der Waals surface area contributed by atoms with Gasteiger partial charge in [-0.2, -0.15) is 18.2 Å². The van der Waals surface area contributed by atoms with Gasteiger partial charge in [-0.15, -0.1) is 0 Å². The van der Waals surface area contributed by atoms with Crippen LogP contribution in [0.25, 0.3) is 0 Å². The molecule has 0 spiro atoms. The van der Waals surface area contributed by atoms with Crippen LogP contribution in [-0.2, 0) is 30.4 Å². The van der Waals surface area contributed by atoms with E-state index >= 15 is 0 Å². The summed E-state index contributed by atoms with van der Waals surface area (Å²) >= 11 is 0. The van der Waals surface area contributed by atoms with Crippen molar-refractivity contribution in [2.45, 2.75) is 44.1 Å². The van der Waals surface area contributed by atoms with Crippen LogP contribution in [0.3, 0.4) is 0 Å². The fraction of sp³-hybridized carbons (Fsp3) is 0.304. The number of hydrogen-bond donors (Lipinski definition) is 2. The molecule has 2 unspecified atom stereocenters. The molecule has 1 aliphatic carbocycles. The molecule has 0 amide bonds. The van der Waals surface area contributed by atoms with E-state index in [1.165, 1.54) is 12.1 Å². The second kappa shape index (κ2) is 8.55. The predicted molar refractivity (Wildman–Crippen MR) is 112 cm³/mol. The van der Waals surface area contributed by atoms with Crippen molar-refractivity contribution in [3.8, 4) is 0 Å². The number of alkyl halides is 3. The lowest BCUT2D eigenvalue weighted by Gasteiger charge is -2.34. The number of aromatic nitrogens is 2. The van der Waals surface area contributed by atoms with Crippen molar-refractivity contribution in [1.82, 2.24) is 9.97 Å². The SMILES string of the molecule is Nc1nc(N)c2c(n1)CCC(OCc1ccccc1)C2Cc1cccc(C(F)(F)F)c1. The highest BCUT2D eigenvalue weighted by molar-refractivity contribution is 5.50. The highest BCUT2D eigenvalue weighted by Crippen LogP contribution is 2.39. The van der Waals surface area contributed by atoms with Gasteiger partial charge in [-0.3, -0.25) is 0 Å². The van der Waals surface area contributed by atoms with E-state index in [9.17, 15) is 13.2 Å². The number of nitrogens with zero attached hydrogens (tertiary/aromatic N) is 2. The van der Waals surface area contributed by atoms with E-state index < -0.39 is 11.7 Å². The first-order valence-corrected chi connectivity index (χ1v) is 10.0. The van der Waals surface area contributed by atoms with E-state index in [-0.39, 0.29) is 23.8 Å². The summed E-state index contributed by atoms with van der Waals surface area (Å²) in [6.07, 6.45) is -3.03. The predicted octanol–water partition coefficient (Wildman–Crippen LogP) is 4.52. The van der Waals surface area contributed by atoms with Crippen LogP contribution in [0.2, 0.25) is 0 Å². The van der Waals surface area contributed by atoms with Gasteiger partial charge >= 0.3 is 6.18 Å². The molecule has 4 rings (SSSR count). The quantitative estimate of drug-likeness (QED) is 0.624. The molecular weight excluding hydrogens is 405 g/mol. The summed E-state index contributed by atoms with van der Waals surface area (Å²) < 4.78 is 45.8. The van der Waals surface area contributed by atoms with Gasteiger partial charge in [0, 0.05) is 11.5 Å². The lowest BCUT2D eigenvalue weighted by molar-refractivity contribution is -0.137. The van der Waals surface area contributed by atoms with Gasteiger partial charge in [-0.1, -0.05) is 48.5 Å². The van der Waals surface area contributed by atoms with E-state index in [1.54, 1.807) is 6.07 Å². The Morgan fingerprint density at radius 3 is 2.45 bits per heavy atom. The molecule has 0 saturated carbocycles. The zero-order chi connectivity index (χ0) is 22.0. The maximum atomic E-state index is 13.2. The number of ether oxygens (including phenoxy) is 1. The second-order valence-electron chi connectivity index (χ2n) is 7.71. The molecule has 5 nitrogen and oxygen atoms in total. The van der Waals surface area contributed by atoms with Crippen molar-refractivity contribution >= 4 is 11.8 Å². The van der Waals surface area contributed by atoms with Crippen LogP contribution in [0.4, 0.5) is 24.9 Å². The monoisotopic (exact) mass is 428 g/mol. The van der Waals surface area contributed by atoms with Gasteiger partial charge in [-0.25, -0.2) is 4.98 Å². The lowest BCUT2D eigenvalue weighted by Crippen LogP contribution is -2.32. The van der Waals surface area contributed by atoms with Crippen LogP contribution in [-0.4, -0.2) is 16.1 Å². The van der Waals surface area contributed by atoms with Crippen LogP contribution < -0.4 is 11.5 Å². The number of fused-ring (bicyclic) bond motifs is 1.